The van der Waals surface area contributed by atoms with Gasteiger partial charge in [-0.05, 0) is 29.3 Å². The minimum Gasteiger partial charge on any atom is -0.339 e. The molecule has 3 aliphatic heterocycles. The van der Waals surface area contributed by atoms with Crippen LogP contribution in [0.15, 0.2) is 48.5 Å². The first-order valence-corrected chi connectivity index (χ1v) is 9.41. The van der Waals surface area contributed by atoms with Gasteiger partial charge in [0.25, 0.3) is 0 Å². The molecule has 1 spiro atoms. The summed E-state index contributed by atoms with van der Waals surface area (Å²) in [4.78, 5) is 28.0. The molecule has 3 aliphatic rings. The van der Waals surface area contributed by atoms with Gasteiger partial charge in [0.2, 0.25) is 11.8 Å². The number of nitrogens with zero attached hydrogens (tertiary/aromatic N) is 1. The van der Waals surface area contributed by atoms with Crippen LogP contribution in [0.5, 0.6) is 0 Å². The number of piperidine rings is 1. The zero-order valence-electron chi connectivity index (χ0n) is 14.5. The Morgan fingerprint density at radius 1 is 1.15 bits per heavy atom. The van der Waals surface area contributed by atoms with Gasteiger partial charge in [-0.1, -0.05) is 41.9 Å². The average Bonchev–Trinajstić information content (AvgIpc) is 3.21. The summed E-state index contributed by atoms with van der Waals surface area (Å²) in [5, 5.41) is 3.59. The van der Waals surface area contributed by atoms with E-state index in [4.69, 9.17) is 11.6 Å². The van der Waals surface area contributed by atoms with Gasteiger partial charge in [-0.25, -0.2) is 5.43 Å². The second-order valence-corrected chi connectivity index (χ2v) is 7.80. The van der Waals surface area contributed by atoms with Crippen LogP contribution in [0.1, 0.15) is 17.5 Å². The summed E-state index contributed by atoms with van der Waals surface area (Å²) < 4.78 is 0. The maximum Gasteiger partial charge on any atom is 0.239 e. The van der Waals surface area contributed by atoms with E-state index >= 15 is 0 Å². The van der Waals surface area contributed by atoms with Crippen LogP contribution < -0.4 is 21.1 Å². The van der Waals surface area contributed by atoms with Crippen LogP contribution in [0.2, 0.25) is 5.02 Å². The Balaban J connectivity index is 1.62. The molecular weight excluding hydrogens is 364 g/mol. The molecule has 3 atom stereocenters. The molecular formula is C20H19ClN4O2. The molecule has 138 valence electrons. The average molecular weight is 383 g/mol. The molecule has 2 saturated heterocycles. The highest BCUT2D eigenvalue weighted by Gasteiger charge is 2.61. The molecule has 3 N–H and O–H groups in total. The number of para-hydroxylation sites is 1. The summed E-state index contributed by atoms with van der Waals surface area (Å²) in [7, 11) is 0. The molecule has 5 rings (SSSR count). The normalized spacial score (nSPS) is 29.0. The van der Waals surface area contributed by atoms with Crippen LogP contribution in [0.4, 0.5) is 5.69 Å². The molecule has 0 aliphatic carbocycles. The van der Waals surface area contributed by atoms with Gasteiger partial charge in [-0.3, -0.25) is 15.0 Å². The predicted molar refractivity (Wildman–Crippen MR) is 102 cm³/mol. The molecule has 0 saturated carbocycles. The number of benzene rings is 2. The van der Waals surface area contributed by atoms with Gasteiger partial charge in [0.15, 0.2) is 0 Å². The van der Waals surface area contributed by atoms with Crippen LogP contribution in [-0.4, -0.2) is 24.5 Å². The van der Waals surface area contributed by atoms with E-state index in [-0.39, 0.29) is 30.3 Å². The maximum atomic E-state index is 13.8. The molecule has 3 unspecified atom stereocenters. The van der Waals surface area contributed by atoms with Gasteiger partial charge < -0.3 is 10.2 Å². The van der Waals surface area contributed by atoms with Crippen molar-refractivity contribution in [2.75, 3.05) is 11.4 Å². The Morgan fingerprint density at radius 2 is 2.00 bits per heavy atom. The number of hydrogen-bond donors (Lipinski definition) is 3. The Hall–Kier alpha value is -2.41. The molecule has 0 radical (unpaired) electrons. The number of hydrogen-bond acceptors (Lipinski definition) is 4. The molecule has 3 heterocycles. The lowest BCUT2D eigenvalue weighted by Crippen LogP contribution is -2.62. The molecule has 0 bridgehead atoms. The van der Waals surface area contributed by atoms with E-state index in [1.54, 1.807) is 4.90 Å². The first-order chi connectivity index (χ1) is 13.1. The Morgan fingerprint density at radius 3 is 2.85 bits per heavy atom. The minimum atomic E-state index is -0.849. The summed E-state index contributed by atoms with van der Waals surface area (Å²) in [5.74, 6) is -0.174. The third-order valence-corrected chi connectivity index (χ3v) is 6.14. The summed E-state index contributed by atoms with van der Waals surface area (Å²) in [6.45, 7) is 1.05. The van der Waals surface area contributed by atoms with Crippen molar-refractivity contribution in [3.63, 3.8) is 0 Å². The lowest BCUT2D eigenvalue weighted by atomic mass is 9.65. The van der Waals surface area contributed by atoms with Gasteiger partial charge >= 0.3 is 0 Å². The van der Waals surface area contributed by atoms with Crippen LogP contribution >= 0.6 is 11.6 Å². The molecule has 2 fully saturated rings. The quantitative estimate of drug-likeness (QED) is 0.739. The monoisotopic (exact) mass is 382 g/mol. The first kappa shape index (κ1) is 16.7. The van der Waals surface area contributed by atoms with Crippen molar-refractivity contribution in [3.8, 4) is 0 Å². The highest BCUT2D eigenvalue weighted by molar-refractivity contribution is 6.30. The highest BCUT2D eigenvalue weighted by atomic mass is 35.5. The molecule has 2 aromatic rings. The molecule has 7 heteroatoms. The Labute approximate surface area is 161 Å². The zero-order valence-corrected chi connectivity index (χ0v) is 15.3. The van der Waals surface area contributed by atoms with Crippen LogP contribution in [0, 0.1) is 5.92 Å². The minimum absolute atomic E-state index is 0.0148. The topological polar surface area (TPSA) is 73.5 Å². The van der Waals surface area contributed by atoms with Crippen molar-refractivity contribution in [2.45, 2.75) is 24.5 Å². The third-order valence-electron chi connectivity index (χ3n) is 5.90. The van der Waals surface area contributed by atoms with Crippen LogP contribution in [0.3, 0.4) is 0 Å². The fourth-order valence-corrected chi connectivity index (χ4v) is 4.97. The number of rotatable bonds is 2. The number of fused-ring (bicyclic) bond motifs is 4. The largest absolute Gasteiger partial charge is 0.339 e. The van der Waals surface area contributed by atoms with E-state index < -0.39 is 5.41 Å². The second-order valence-electron chi connectivity index (χ2n) is 7.36. The summed E-state index contributed by atoms with van der Waals surface area (Å²) >= 11 is 6.13. The van der Waals surface area contributed by atoms with E-state index in [1.807, 2.05) is 48.5 Å². The summed E-state index contributed by atoms with van der Waals surface area (Å²) in [5.41, 5.74) is 8.13. The molecule has 27 heavy (non-hydrogen) atoms. The van der Waals surface area contributed by atoms with Gasteiger partial charge in [0, 0.05) is 29.6 Å². The number of carbonyl (C=O) groups is 2. The number of amides is 2. The second kappa shape index (κ2) is 6.05. The lowest BCUT2D eigenvalue weighted by molar-refractivity contribution is -0.136. The third kappa shape index (κ3) is 2.41. The number of anilines is 1. The highest BCUT2D eigenvalue weighted by Crippen LogP contribution is 2.51. The summed E-state index contributed by atoms with van der Waals surface area (Å²) in [6.07, 6.45) is -0.0891. The van der Waals surface area contributed by atoms with Crippen molar-refractivity contribution in [2.24, 2.45) is 5.92 Å². The standard InChI is InChI=1S/C20H19ClN4O2/c21-13-5-3-4-12(8-13)11-25-16-7-2-1-6-14(16)20(19(25)27)9-17(26)23-18-15(20)10-22-24-18/h1-8,15,18,22,24H,9-11H2,(H,23,26). The summed E-state index contributed by atoms with van der Waals surface area (Å²) in [6, 6.07) is 15.4. The van der Waals surface area contributed by atoms with Gasteiger partial charge in [0.05, 0.1) is 18.1 Å². The van der Waals surface area contributed by atoms with Gasteiger partial charge in [-0.15, -0.1) is 0 Å². The van der Waals surface area contributed by atoms with E-state index in [1.165, 1.54) is 0 Å². The van der Waals surface area contributed by atoms with Crippen molar-refractivity contribution < 1.29 is 9.59 Å². The number of nitrogens with one attached hydrogen (secondary N) is 3. The van der Waals surface area contributed by atoms with Crippen molar-refractivity contribution >= 4 is 29.1 Å². The number of halogens is 1. The smallest absolute Gasteiger partial charge is 0.239 e. The van der Waals surface area contributed by atoms with Crippen LogP contribution in [0.25, 0.3) is 0 Å². The lowest BCUT2D eigenvalue weighted by Gasteiger charge is -2.40. The SMILES string of the molecule is O=C1CC2(C(=O)N(Cc3cccc(Cl)c3)c3ccccc32)C2CNNC2N1. The van der Waals surface area contributed by atoms with Crippen LogP contribution in [-0.2, 0) is 21.5 Å². The molecule has 0 aromatic heterocycles. The first-order valence-electron chi connectivity index (χ1n) is 9.03. The molecule has 6 nitrogen and oxygen atoms in total. The van der Waals surface area contributed by atoms with E-state index in [0.29, 0.717) is 18.1 Å². The Kier molecular flexibility index (Phi) is 3.75. The Bertz CT molecular complexity index is 949. The van der Waals surface area contributed by atoms with Gasteiger partial charge in [0.1, 0.15) is 0 Å². The van der Waals surface area contributed by atoms with Crippen molar-refractivity contribution in [3.05, 3.63) is 64.7 Å². The van der Waals surface area contributed by atoms with Crippen molar-refractivity contribution in [1.82, 2.24) is 16.2 Å². The van der Waals surface area contributed by atoms with E-state index in [2.05, 4.69) is 16.2 Å². The van der Waals surface area contributed by atoms with Crippen molar-refractivity contribution in [1.29, 1.82) is 0 Å². The fraction of sp³-hybridized carbons (Fsp3) is 0.300. The molecule has 2 amide bonds. The zero-order chi connectivity index (χ0) is 18.6. The predicted octanol–water partition coefficient (Wildman–Crippen LogP) is 1.69. The fourth-order valence-electron chi connectivity index (χ4n) is 4.76. The maximum absolute atomic E-state index is 13.8. The van der Waals surface area contributed by atoms with Gasteiger partial charge in [-0.2, -0.15) is 0 Å². The number of carbonyl (C=O) groups excluding carboxylic acids is 2. The number of hydrazine groups is 1. The van der Waals surface area contributed by atoms with E-state index in [9.17, 15) is 9.59 Å². The van der Waals surface area contributed by atoms with E-state index in [0.717, 1.165) is 16.8 Å². The molecule has 2 aromatic carbocycles.